The maximum atomic E-state index is 10.7. The van der Waals surface area contributed by atoms with Gasteiger partial charge in [0.25, 0.3) is 0 Å². The molecule has 82 valence electrons. The molecule has 0 aliphatic rings. The molecule has 2 aromatic rings. The van der Waals surface area contributed by atoms with Crippen LogP contribution in [0.1, 0.15) is 11.6 Å². The van der Waals surface area contributed by atoms with Gasteiger partial charge in [0.1, 0.15) is 18.1 Å². The summed E-state index contributed by atoms with van der Waals surface area (Å²) in [5, 5.41) is 16.5. The average Bonchev–Trinajstić information content (AvgIpc) is 2.60. The summed E-state index contributed by atoms with van der Waals surface area (Å²) in [5.74, 6) is 0.211. The van der Waals surface area contributed by atoms with Crippen molar-refractivity contribution < 1.29 is 9.90 Å². The highest BCUT2D eigenvalue weighted by Crippen LogP contribution is 2.12. The first-order chi connectivity index (χ1) is 7.68. The van der Waals surface area contributed by atoms with Crippen molar-refractivity contribution in [3.05, 3.63) is 42.0 Å². The first kappa shape index (κ1) is 10.4. The third kappa shape index (κ3) is 1.93. The molecule has 5 heteroatoms. The van der Waals surface area contributed by atoms with Crippen LogP contribution in [0, 0.1) is 6.92 Å². The molecule has 0 bridgehead atoms. The molecule has 0 unspecified atom stereocenters. The molecule has 0 saturated carbocycles. The van der Waals surface area contributed by atoms with Crippen molar-refractivity contribution in [3.63, 3.8) is 0 Å². The Balaban J connectivity index is 2.47. The molecule has 0 fully saturated rings. The molecule has 16 heavy (non-hydrogen) atoms. The van der Waals surface area contributed by atoms with Gasteiger partial charge >= 0.3 is 5.97 Å². The minimum absolute atomic E-state index is 0.129. The molecule has 0 atom stereocenters. The van der Waals surface area contributed by atoms with E-state index in [9.17, 15) is 4.79 Å². The number of aryl methyl sites for hydroxylation is 1. The fourth-order valence-electron chi connectivity index (χ4n) is 1.57. The minimum Gasteiger partial charge on any atom is -0.481 e. The molecule has 1 heterocycles. The summed E-state index contributed by atoms with van der Waals surface area (Å²) < 4.78 is 1.74. The fourth-order valence-corrected chi connectivity index (χ4v) is 1.57. The van der Waals surface area contributed by atoms with E-state index in [1.807, 2.05) is 30.3 Å². The molecule has 0 radical (unpaired) electrons. The van der Waals surface area contributed by atoms with Gasteiger partial charge in [-0.25, -0.2) is 0 Å². The van der Waals surface area contributed by atoms with Crippen molar-refractivity contribution in [3.8, 4) is 5.69 Å². The molecule has 0 spiro atoms. The van der Waals surface area contributed by atoms with Crippen molar-refractivity contribution in [2.45, 2.75) is 13.3 Å². The van der Waals surface area contributed by atoms with Crippen LogP contribution in [0.15, 0.2) is 30.3 Å². The molecule has 2 rings (SSSR count). The molecule has 1 N–H and O–H groups in total. The molecule has 1 aromatic carbocycles. The van der Waals surface area contributed by atoms with Gasteiger partial charge in [0.05, 0.1) is 0 Å². The van der Waals surface area contributed by atoms with Gasteiger partial charge in [0.2, 0.25) is 0 Å². The van der Waals surface area contributed by atoms with Crippen molar-refractivity contribution >= 4 is 5.97 Å². The first-order valence-corrected chi connectivity index (χ1v) is 4.86. The van der Waals surface area contributed by atoms with Crippen LogP contribution in [-0.2, 0) is 11.2 Å². The third-order valence-electron chi connectivity index (χ3n) is 2.22. The Bertz CT molecular complexity index is 505. The van der Waals surface area contributed by atoms with Crippen LogP contribution in [0.5, 0.6) is 0 Å². The fraction of sp³-hybridized carbons (Fsp3) is 0.182. The van der Waals surface area contributed by atoms with Crippen LogP contribution in [0.25, 0.3) is 5.69 Å². The van der Waals surface area contributed by atoms with E-state index in [1.54, 1.807) is 11.5 Å². The van der Waals surface area contributed by atoms with E-state index in [4.69, 9.17) is 5.11 Å². The standard InChI is InChI=1S/C11H11N3O2/c1-8-12-13-10(7-11(15)16)14(8)9-5-3-2-4-6-9/h2-6H,7H2,1H3,(H,15,16). The van der Waals surface area contributed by atoms with Crippen LogP contribution in [0.3, 0.4) is 0 Å². The van der Waals surface area contributed by atoms with Gasteiger partial charge in [-0.15, -0.1) is 10.2 Å². The number of hydrogen-bond acceptors (Lipinski definition) is 3. The van der Waals surface area contributed by atoms with Crippen molar-refractivity contribution in [2.75, 3.05) is 0 Å². The second-order valence-electron chi connectivity index (χ2n) is 3.40. The summed E-state index contributed by atoms with van der Waals surface area (Å²) >= 11 is 0. The van der Waals surface area contributed by atoms with E-state index in [1.165, 1.54) is 0 Å². The van der Waals surface area contributed by atoms with E-state index in [-0.39, 0.29) is 6.42 Å². The summed E-state index contributed by atoms with van der Waals surface area (Å²) in [6, 6.07) is 9.46. The number of benzene rings is 1. The number of carboxylic acids is 1. The molecule has 0 saturated heterocycles. The van der Waals surface area contributed by atoms with E-state index < -0.39 is 5.97 Å². The Hall–Kier alpha value is -2.17. The molecule has 0 aliphatic heterocycles. The second kappa shape index (κ2) is 4.14. The highest BCUT2D eigenvalue weighted by molar-refractivity contribution is 5.69. The maximum absolute atomic E-state index is 10.7. The van der Waals surface area contributed by atoms with E-state index in [2.05, 4.69) is 10.2 Å². The Morgan fingerprint density at radius 1 is 1.31 bits per heavy atom. The predicted molar refractivity (Wildman–Crippen MR) is 57.4 cm³/mol. The van der Waals surface area contributed by atoms with Crippen LogP contribution < -0.4 is 0 Å². The number of rotatable bonds is 3. The monoisotopic (exact) mass is 217 g/mol. The zero-order valence-electron chi connectivity index (χ0n) is 8.79. The number of carbonyl (C=O) groups is 1. The minimum atomic E-state index is -0.912. The van der Waals surface area contributed by atoms with Gasteiger partial charge in [0, 0.05) is 5.69 Å². The highest BCUT2D eigenvalue weighted by atomic mass is 16.4. The quantitative estimate of drug-likeness (QED) is 0.838. The predicted octanol–water partition coefficient (Wildman–Crippen LogP) is 1.20. The zero-order valence-corrected chi connectivity index (χ0v) is 8.79. The summed E-state index contributed by atoms with van der Waals surface area (Å²) in [6.45, 7) is 1.80. The Morgan fingerprint density at radius 2 is 2.00 bits per heavy atom. The van der Waals surface area contributed by atoms with E-state index >= 15 is 0 Å². The lowest BCUT2D eigenvalue weighted by atomic mass is 10.3. The zero-order chi connectivity index (χ0) is 11.5. The summed E-state index contributed by atoms with van der Waals surface area (Å²) in [5.41, 5.74) is 0.876. The van der Waals surface area contributed by atoms with Crippen molar-refractivity contribution in [1.29, 1.82) is 0 Å². The average molecular weight is 217 g/mol. The topological polar surface area (TPSA) is 68.0 Å². The van der Waals surface area contributed by atoms with Gasteiger partial charge < -0.3 is 5.11 Å². The van der Waals surface area contributed by atoms with Crippen LogP contribution in [0.4, 0.5) is 0 Å². The Kier molecular flexibility index (Phi) is 2.68. The third-order valence-corrected chi connectivity index (χ3v) is 2.22. The van der Waals surface area contributed by atoms with Crippen LogP contribution >= 0.6 is 0 Å². The van der Waals surface area contributed by atoms with Gasteiger partial charge in [-0.1, -0.05) is 18.2 Å². The number of aliphatic carboxylic acids is 1. The summed E-state index contributed by atoms with van der Waals surface area (Å²) in [6.07, 6.45) is -0.129. The number of para-hydroxylation sites is 1. The number of aromatic nitrogens is 3. The van der Waals surface area contributed by atoms with E-state index in [0.717, 1.165) is 5.69 Å². The van der Waals surface area contributed by atoms with Gasteiger partial charge in [-0.05, 0) is 19.1 Å². The second-order valence-corrected chi connectivity index (χ2v) is 3.40. The molecule has 1 aromatic heterocycles. The molecule has 0 aliphatic carbocycles. The lowest BCUT2D eigenvalue weighted by Gasteiger charge is -2.06. The number of hydrogen-bond donors (Lipinski definition) is 1. The highest BCUT2D eigenvalue weighted by Gasteiger charge is 2.13. The van der Waals surface area contributed by atoms with Gasteiger partial charge in [0.15, 0.2) is 0 Å². The largest absolute Gasteiger partial charge is 0.481 e. The van der Waals surface area contributed by atoms with Gasteiger partial charge in [-0.2, -0.15) is 0 Å². The number of nitrogens with zero attached hydrogens (tertiary/aromatic N) is 3. The van der Waals surface area contributed by atoms with E-state index in [0.29, 0.717) is 11.6 Å². The lowest BCUT2D eigenvalue weighted by molar-refractivity contribution is -0.136. The first-order valence-electron chi connectivity index (χ1n) is 4.86. The molecule has 0 amide bonds. The Labute approximate surface area is 92.4 Å². The number of carboxylic acid groups (broad SMARTS) is 1. The Morgan fingerprint density at radius 3 is 2.62 bits per heavy atom. The molecular formula is C11H11N3O2. The lowest BCUT2D eigenvalue weighted by Crippen LogP contribution is -2.08. The molecule has 5 nitrogen and oxygen atoms in total. The smallest absolute Gasteiger partial charge is 0.311 e. The van der Waals surface area contributed by atoms with Gasteiger partial charge in [-0.3, -0.25) is 9.36 Å². The molecular weight excluding hydrogens is 206 g/mol. The van der Waals surface area contributed by atoms with Crippen molar-refractivity contribution in [2.24, 2.45) is 0 Å². The maximum Gasteiger partial charge on any atom is 0.311 e. The summed E-state index contributed by atoms with van der Waals surface area (Å²) in [4.78, 5) is 10.7. The normalized spacial score (nSPS) is 10.3. The van der Waals surface area contributed by atoms with Crippen molar-refractivity contribution in [1.82, 2.24) is 14.8 Å². The SMILES string of the molecule is Cc1nnc(CC(=O)O)n1-c1ccccc1. The van der Waals surface area contributed by atoms with Crippen LogP contribution in [-0.4, -0.2) is 25.8 Å². The van der Waals surface area contributed by atoms with Crippen LogP contribution in [0.2, 0.25) is 0 Å². The summed E-state index contributed by atoms with van der Waals surface area (Å²) in [7, 11) is 0.